The first-order valence-electron chi connectivity index (χ1n) is 11.0. The average molecular weight is 415 g/mol. The lowest BCUT2D eigenvalue weighted by Crippen LogP contribution is -2.45. The summed E-state index contributed by atoms with van der Waals surface area (Å²) in [6.45, 7) is 6.98. The molecule has 2 aromatic carbocycles. The Balaban J connectivity index is 1.55. The highest BCUT2D eigenvalue weighted by Gasteiger charge is 2.26. The number of fused-ring (bicyclic) bond motifs is 2. The van der Waals surface area contributed by atoms with Crippen molar-refractivity contribution in [2.45, 2.75) is 33.6 Å². The van der Waals surface area contributed by atoms with Gasteiger partial charge in [-0.15, -0.1) is 0 Å². The minimum atomic E-state index is -0.492. The molecule has 0 aromatic heterocycles. The first kappa shape index (κ1) is 21.1. The fraction of sp³-hybridized carbons (Fsp3) is 0.333. The second-order valence-electron chi connectivity index (χ2n) is 9.30. The van der Waals surface area contributed by atoms with Gasteiger partial charge < -0.3 is 10.2 Å². The molecule has 160 valence electrons. The van der Waals surface area contributed by atoms with Gasteiger partial charge in [-0.1, -0.05) is 87.0 Å². The first-order chi connectivity index (χ1) is 14.8. The molecule has 1 heterocycles. The average Bonchev–Trinajstić information content (AvgIpc) is 2.93. The van der Waals surface area contributed by atoms with E-state index in [2.05, 4.69) is 66.0 Å². The van der Waals surface area contributed by atoms with Gasteiger partial charge in [-0.25, -0.2) is 0 Å². The maximum atomic E-state index is 12.6. The Labute approximate surface area is 184 Å². The minimum Gasteiger partial charge on any atom is -0.347 e. The van der Waals surface area contributed by atoms with E-state index in [4.69, 9.17) is 0 Å². The Hall–Kier alpha value is -3.14. The molecule has 0 radical (unpaired) electrons. The van der Waals surface area contributed by atoms with Gasteiger partial charge in [0.1, 0.15) is 0 Å². The molecular formula is C27H30N2O2. The summed E-state index contributed by atoms with van der Waals surface area (Å²) in [4.78, 5) is 26.6. The van der Waals surface area contributed by atoms with Crippen LogP contribution in [0.2, 0.25) is 0 Å². The van der Waals surface area contributed by atoms with Crippen LogP contribution in [0.4, 0.5) is 0 Å². The van der Waals surface area contributed by atoms with Gasteiger partial charge in [0.2, 0.25) is 11.8 Å². The maximum absolute atomic E-state index is 12.6. The lowest BCUT2D eigenvalue weighted by atomic mass is 9.86. The van der Waals surface area contributed by atoms with Crippen molar-refractivity contribution in [1.29, 1.82) is 0 Å². The van der Waals surface area contributed by atoms with Crippen molar-refractivity contribution in [2.75, 3.05) is 19.6 Å². The fourth-order valence-corrected chi connectivity index (χ4v) is 4.25. The van der Waals surface area contributed by atoms with E-state index in [1.165, 1.54) is 33.4 Å². The van der Waals surface area contributed by atoms with Crippen molar-refractivity contribution in [3.05, 3.63) is 76.4 Å². The van der Waals surface area contributed by atoms with Crippen LogP contribution in [-0.4, -0.2) is 36.3 Å². The second-order valence-corrected chi connectivity index (χ2v) is 9.30. The highest BCUT2D eigenvalue weighted by atomic mass is 16.2. The predicted molar refractivity (Wildman–Crippen MR) is 126 cm³/mol. The Morgan fingerprint density at radius 2 is 1.39 bits per heavy atom. The van der Waals surface area contributed by atoms with Gasteiger partial charge in [-0.2, -0.15) is 0 Å². The number of hydrogen-bond donors (Lipinski definition) is 1. The summed E-state index contributed by atoms with van der Waals surface area (Å²) < 4.78 is 0. The predicted octanol–water partition coefficient (Wildman–Crippen LogP) is 4.76. The highest BCUT2D eigenvalue weighted by molar-refractivity contribution is 5.95. The Kier molecular flexibility index (Phi) is 5.81. The van der Waals surface area contributed by atoms with E-state index in [1.54, 1.807) is 0 Å². The van der Waals surface area contributed by atoms with E-state index < -0.39 is 5.41 Å². The summed E-state index contributed by atoms with van der Waals surface area (Å²) in [7, 11) is 0. The van der Waals surface area contributed by atoms with Crippen LogP contribution in [0.3, 0.4) is 0 Å². The fourth-order valence-electron chi connectivity index (χ4n) is 4.25. The molecule has 1 N–H and O–H groups in total. The zero-order valence-corrected chi connectivity index (χ0v) is 18.6. The van der Waals surface area contributed by atoms with Crippen molar-refractivity contribution in [3.63, 3.8) is 0 Å². The third kappa shape index (κ3) is 4.48. The van der Waals surface area contributed by atoms with Crippen LogP contribution in [0.15, 0.2) is 54.1 Å². The Morgan fingerprint density at radius 3 is 1.90 bits per heavy atom. The Morgan fingerprint density at radius 1 is 0.871 bits per heavy atom. The van der Waals surface area contributed by atoms with Crippen LogP contribution < -0.4 is 5.32 Å². The van der Waals surface area contributed by atoms with Crippen LogP contribution in [0, 0.1) is 5.41 Å². The second kappa shape index (κ2) is 8.54. The highest BCUT2D eigenvalue weighted by Crippen LogP contribution is 2.38. The van der Waals surface area contributed by atoms with E-state index in [9.17, 15) is 9.59 Å². The molecular weight excluding hydrogens is 384 g/mol. The normalized spacial score (nSPS) is 15.8. The summed E-state index contributed by atoms with van der Waals surface area (Å²) >= 11 is 0. The number of carbonyl (C=O) groups is 2. The van der Waals surface area contributed by atoms with E-state index in [0.717, 1.165) is 12.8 Å². The number of nitrogens with zero attached hydrogens (tertiary/aromatic N) is 1. The molecule has 1 aliphatic carbocycles. The van der Waals surface area contributed by atoms with Gasteiger partial charge in [0.25, 0.3) is 0 Å². The smallest absolute Gasteiger partial charge is 0.241 e. The standard InChI is InChI=1S/C27H30N2O2/c1-27(2,3)26(31)28-18-24(30)29-16-14-21(15-17-29)25-22-10-6-4-8-19(22)12-13-20-9-5-7-11-23(20)25/h4-13H,14-18H2,1-3H3,(H,28,31). The molecule has 1 saturated heterocycles. The number of carbonyl (C=O) groups excluding carboxylic acids is 2. The van der Waals surface area contributed by atoms with E-state index in [1.807, 2.05) is 25.7 Å². The molecule has 2 aromatic rings. The summed E-state index contributed by atoms with van der Waals surface area (Å²) in [5, 5.41) is 2.78. The van der Waals surface area contributed by atoms with Gasteiger partial charge in [-0.05, 0) is 40.7 Å². The molecule has 4 nitrogen and oxygen atoms in total. The van der Waals surface area contributed by atoms with Crippen molar-refractivity contribution in [3.8, 4) is 0 Å². The van der Waals surface area contributed by atoms with E-state index in [-0.39, 0.29) is 18.4 Å². The van der Waals surface area contributed by atoms with Crippen LogP contribution in [0.25, 0.3) is 17.7 Å². The summed E-state index contributed by atoms with van der Waals surface area (Å²) in [6.07, 6.45) is 6.07. The number of rotatable bonds is 2. The lowest BCUT2D eigenvalue weighted by molar-refractivity contribution is -0.135. The minimum absolute atomic E-state index is 0.00927. The molecule has 0 bridgehead atoms. The van der Waals surface area contributed by atoms with Gasteiger partial charge >= 0.3 is 0 Å². The topological polar surface area (TPSA) is 49.4 Å². The number of nitrogens with one attached hydrogen (secondary N) is 1. The zero-order chi connectivity index (χ0) is 22.0. The van der Waals surface area contributed by atoms with Crippen LogP contribution in [-0.2, 0) is 9.59 Å². The SMILES string of the molecule is CC(C)(C)C(=O)NCC(=O)N1CCC(=C2c3ccccc3C=Cc3ccccc32)CC1. The molecule has 0 atom stereocenters. The van der Waals surface area contributed by atoms with Gasteiger partial charge in [0.05, 0.1) is 6.54 Å². The molecule has 1 aliphatic heterocycles. The summed E-state index contributed by atoms with van der Waals surface area (Å²) in [5.74, 6) is -0.107. The molecule has 2 aliphatic rings. The number of piperidine rings is 1. The molecule has 0 unspecified atom stereocenters. The van der Waals surface area contributed by atoms with Gasteiger partial charge in [0.15, 0.2) is 0 Å². The number of amides is 2. The third-order valence-corrected chi connectivity index (χ3v) is 6.06. The van der Waals surface area contributed by atoms with Gasteiger partial charge in [-0.3, -0.25) is 9.59 Å². The van der Waals surface area contributed by atoms with Crippen molar-refractivity contribution in [2.24, 2.45) is 5.41 Å². The number of benzene rings is 2. The lowest BCUT2D eigenvalue weighted by Gasteiger charge is -2.31. The summed E-state index contributed by atoms with van der Waals surface area (Å²) in [6, 6.07) is 17.1. The van der Waals surface area contributed by atoms with E-state index >= 15 is 0 Å². The van der Waals surface area contributed by atoms with Crippen molar-refractivity contribution < 1.29 is 9.59 Å². The van der Waals surface area contributed by atoms with Gasteiger partial charge in [0, 0.05) is 18.5 Å². The molecule has 0 saturated carbocycles. The number of likely N-dealkylation sites (tertiary alicyclic amines) is 1. The zero-order valence-electron chi connectivity index (χ0n) is 18.6. The molecule has 31 heavy (non-hydrogen) atoms. The van der Waals surface area contributed by atoms with Crippen molar-refractivity contribution in [1.82, 2.24) is 10.2 Å². The third-order valence-electron chi connectivity index (χ3n) is 6.06. The Bertz CT molecular complexity index is 1010. The first-order valence-corrected chi connectivity index (χ1v) is 11.0. The number of hydrogen-bond acceptors (Lipinski definition) is 2. The molecule has 2 amide bonds. The maximum Gasteiger partial charge on any atom is 0.241 e. The molecule has 0 spiro atoms. The largest absolute Gasteiger partial charge is 0.347 e. The molecule has 1 fully saturated rings. The van der Waals surface area contributed by atoms with Crippen LogP contribution in [0.1, 0.15) is 55.9 Å². The van der Waals surface area contributed by atoms with Crippen LogP contribution in [0.5, 0.6) is 0 Å². The monoisotopic (exact) mass is 414 g/mol. The van der Waals surface area contributed by atoms with Crippen LogP contribution >= 0.6 is 0 Å². The van der Waals surface area contributed by atoms with Crippen molar-refractivity contribution >= 4 is 29.5 Å². The molecule has 4 heteroatoms. The molecule has 4 rings (SSSR count). The van der Waals surface area contributed by atoms with E-state index in [0.29, 0.717) is 13.1 Å². The summed E-state index contributed by atoms with van der Waals surface area (Å²) in [5.41, 5.74) is 7.19. The quantitative estimate of drug-likeness (QED) is 0.657.